The minimum Gasteiger partial charge on any atom is -0.337 e. The lowest BCUT2D eigenvalue weighted by molar-refractivity contribution is -0.123. The van der Waals surface area contributed by atoms with Crippen molar-refractivity contribution < 1.29 is 4.79 Å². The molecular weight excluding hydrogens is 376 g/mol. The number of anilines is 2. The average molecular weight is 403 g/mol. The van der Waals surface area contributed by atoms with Crippen molar-refractivity contribution in [2.75, 3.05) is 16.8 Å². The zero-order valence-electron chi connectivity index (χ0n) is 17.6. The van der Waals surface area contributed by atoms with E-state index in [1.807, 2.05) is 48.1 Å². The van der Waals surface area contributed by atoms with Crippen LogP contribution in [0.25, 0.3) is 17.3 Å². The van der Waals surface area contributed by atoms with E-state index < -0.39 is 5.54 Å². The van der Waals surface area contributed by atoms with Gasteiger partial charge in [-0.2, -0.15) is 4.98 Å². The van der Waals surface area contributed by atoms with Gasteiger partial charge in [-0.05, 0) is 25.7 Å². The Morgan fingerprint density at radius 1 is 1.17 bits per heavy atom. The fourth-order valence-electron chi connectivity index (χ4n) is 5.05. The average Bonchev–Trinajstić information content (AvgIpc) is 3.43. The number of aromatic nitrogens is 4. The van der Waals surface area contributed by atoms with Crippen molar-refractivity contribution in [3.05, 3.63) is 48.9 Å². The molecule has 1 aromatic carbocycles. The molecule has 0 saturated carbocycles. The molecule has 1 amide bonds. The molecule has 2 aliphatic rings. The molecule has 0 radical (unpaired) electrons. The number of carbonyl (C=O) groups excluding carboxylic acids is 1. The summed E-state index contributed by atoms with van der Waals surface area (Å²) in [6, 6.07) is 10.3. The molecule has 7 heteroatoms. The van der Waals surface area contributed by atoms with Crippen LogP contribution in [0.5, 0.6) is 0 Å². The van der Waals surface area contributed by atoms with Gasteiger partial charge < -0.3 is 9.80 Å². The first-order valence-electron chi connectivity index (χ1n) is 10.6. The number of benzene rings is 1. The molecule has 2 atom stereocenters. The Hall–Kier alpha value is -3.22. The fraction of sp³-hybridized carbons (Fsp3) is 0.391. The number of imidazole rings is 1. The minimum atomic E-state index is -0.509. The summed E-state index contributed by atoms with van der Waals surface area (Å²) in [4.78, 5) is 31.5. The standard InChI is InChI=1S/C23H26N6O/c1-4-17-11-12-23(5-2)21(30)27(3)18-15-25-22(26-20(18)29(17)23)28-14-13-24-19(28)16-9-7-6-8-10-16/h6-10,13-15,17H,4-5,11-12H2,1-3H3. The number of rotatable bonds is 4. The zero-order chi connectivity index (χ0) is 20.9. The quantitative estimate of drug-likeness (QED) is 0.663. The molecule has 0 N–H and O–H groups in total. The minimum absolute atomic E-state index is 0.150. The highest BCUT2D eigenvalue weighted by atomic mass is 16.2. The number of hydrogen-bond donors (Lipinski definition) is 0. The van der Waals surface area contributed by atoms with Gasteiger partial charge in [-0.15, -0.1) is 0 Å². The molecule has 0 aliphatic carbocycles. The van der Waals surface area contributed by atoms with Crippen molar-refractivity contribution in [1.82, 2.24) is 19.5 Å². The predicted octanol–water partition coefficient (Wildman–Crippen LogP) is 3.83. The highest BCUT2D eigenvalue weighted by molar-refractivity contribution is 6.08. The molecule has 2 unspecified atom stereocenters. The van der Waals surface area contributed by atoms with Gasteiger partial charge in [-0.3, -0.25) is 9.36 Å². The van der Waals surface area contributed by atoms with E-state index in [-0.39, 0.29) is 5.91 Å². The Morgan fingerprint density at radius 2 is 1.97 bits per heavy atom. The summed E-state index contributed by atoms with van der Waals surface area (Å²) in [5, 5.41) is 0. The van der Waals surface area contributed by atoms with Crippen LogP contribution in [-0.4, -0.2) is 44.1 Å². The first-order valence-corrected chi connectivity index (χ1v) is 10.6. The fourth-order valence-corrected chi connectivity index (χ4v) is 5.05. The summed E-state index contributed by atoms with van der Waals surface area (Å²) in [5.41, 5.74) is 1.27. The number of nitrogens with zero attached hydrogens (tertiary/aromatic N) is 6. The third-order valence-electron chi connectivity index (χ3n) is 6.69. The normalized spacial score (nSPS) is 22.9. The molecule has 0 spiro atoms. The van der Waals surface area contributed by atoms with Gasteiger partial charge in [0.05, 0.1) is 6.20 Å². The number of hydrogen-bond acceptors (Lipinski definition) is 5. The Balaban J connectivity index is 1.67. The van der Waals surface area contributed by atoms with Gasteiger partial charge in [-0.1, -0.05) is 44.2 Å². The van der Waals surface area contributed by atoms with Crippen LogP contribution in [0.15, 0.2) is 48.9 Å². The van der Waals surface area contributed by atoms with Crippen LogP contribution >= 0.6 is 0 Å². The van der Waals surface area contributed by atoms with Crippen LogP contribution in [-0.2, 0) is 4.79 Å². The van der Waals surface area contributed by atoms with E-state index in [4.69, 9.17) is 4.98 Å². The van der Waals surface area contributed by atoms with Crippen LogP contribution in [0.3, 0.4) is 0 Å². The Morgan fingerprint density at radius 3 is 2.70 bits per heavy atom. The molecule has 4 heterocycles. The number of amides is 1. The van der Waals surface area contributed by atoms with Gasteiger partial charge in [0, 0.05) is 31.0 Å². The van der Waals surface area contributed by atoms with E-state index in [1.165, 1.54) is 0 Å². The smallest absolute Gasteiger partial charge is 0.252 e. The van der Waals surface area contributed by atoms with Gasteiger partial charge in [-0.25, -0.2) is 9.97 Å². The Bertz CT molecular complexity index is 1090. The van der Waals surface area contributed by atoms with Crippen LogP contribution in [0.2, 0.25) is 0 Å². The maximum Gasteiger partial charge on any atom is 0.252 e. The summed E-state index contributed by atoms with van der Waals surface area (Å²) in [6.07, 6.45) is 9.05. The number of carbonyl (C=O) groups is 1. The van der Waals surface area contributed by atoms with Gasteiger partial charge in [0.1, 0.15) is 17.1 Å². The van der Waals surface area contributed by atoms with E-state index in [2.05, 4.69) is 28.7 Å². The van der Waals surface area contributed by atoms with E-state index in [0.29, 0.717) is 12.0 Å². The molecule has 2 aromatic heterocycles. The lowest BCUT2D eigenvalue weighted by Crippen LogP contribution is -2.61. The SMILES string of the molecule is CCC1CCC2(CC)C(=O)N(C)c3cnc(-n4ccnc4-c4ccccc4)nc3N12. The van der Waals surface area contributed by atoms with E-state index in [1.54, 1.807) is 17.3 Å². The summed E-state index contributed by atoms with van der Waals surface area (Å²) >= 11 is 0. The van der Waals surface area contributed by atoms with Crippen LogP contribution in [0.1, 0.15) is 39.5 Å². The van der Waals surface area contributed by atoms with Gasteiger partial charge in [0.25, 0.3) is 5.91 Å². The van der Waals surface area contributed by atoms with E-state index >= 15 is 0 Å². The van der Waals surface area contributed by atoms with Crippen molar-refractivity contribution in [2.24, 2.45) is 0 Å². The summed E-state index contributed by atoms with van der Waals surface area (Å²) in [5.74, 6) is 2.36. The first kappa shape index (κ1) is 18.8. The molecule has 0 bridgehead atoms. The molecule has 7 nitrogen and oxygen atoms in total. The van der Waals surface area contributed by atoms with E-state index in [9.17, 15) is 4.79 Å². The maximum absolute atomic E-state index is 13.4. The number of likely N-dealkylation sites (N-methyl/N-ethyl adjacent to an activating group) is 1. The van der Waals surface area contributed by atoms with Crippen molar-refractivity contribution in [3.63, 3.8) is 0 Å². The van der Waals surface area contributed by atoms with Crippen molar-refractivity contribution in [2.45, 2.75) is 51.1 Å². The Labute approximate surface area is 176 Å². The van der Waals surface area contributed by atoms with Crippen LogP contribution in [0.4, 0.5) is 11.5 Å². The summed E-state index contributed by atoms with van der Waals surface area (Å²) in [6.45, 7) is 4.29. The lowest BCUT2D eigenvalue weighted by Gasteiger charge is -2.47. The van der Waals surface area contributed by atoms with Gasteiger partial charge in [0.2, 0.25) is 5.95 Å². The van der Waals surface area contributed by atoms with Gasteiger partial charge in [0.15, 0.2) is 5.82 Å². The predicted molar refractivity (Wildman–Crippen MR) is 117 cm³/mol. The van der Waals surface area contributed by atoms with Crippen LogP contribution < -0.4 is 9.80 Å². The molecule has 1 fully saturated rings. The first-order chi connectivity index (χ1) is 14.6. The monoisotopic (exact) mass is 402 g/mol. The van der Waals surface area contributed by atoms with Gasteiger partial charge >= 0.3 is 0 Å². The largest absolute Gasteiger partial charge is 0.337 e. The van der Waals surface area contributed by atoms with Crippen molar-refractivity contribution in [3.8, 4) is 17.3 Å². The Kier molecular flexibility index (Phi) is 4.34. The summed E-state index contributed by atoms with van der Waals surface area (Å²) < 4.78 is 1.91. The second-order valence-corrected chi connectivity index (χ2v) is 8.09. The topological polar surface area (TPSA) is 67.2 Å². The van der Waals surface area contributed by atoms with Crippen molar-refractivity contribution in [1.29, 1.82) is 0 Å². The highest BCUT2D eigenvalue weighted by Crippen LogP contribution is 2.48. The van der Waals surface area contributed by atoms with Crippen LogP contribution in [0, 0.1) is 0 Å². The molecule has 2 aliphatic heterocycles. The molecule has 154 valence electrons. The third-order valence-corrected chi connectivity index (χ3v) is 6.69. The lowest BCUT2D eigenvalue weighted by atomic mass is 9.89. The van der Waals surface area contributed by atoms with Crippen molar-refractivity contribution >= 4 is 17.4 Å². The molecular formula is C23H26N6O. The highest BCUT2D eigenvalue weighted by Gasteiger charge is 2.55. The third kappa shape index (κ3) is 2.51. The second-order valence-electron chi connectivity index (χ2n) is 8.09. The maximum atomic E-state index is 13.4. The molecule has 5 rings (SSSR count). The van der Waals surface area contributed by atoms with E-state index in [0.717, 1.165) is 48.6 Å². The number of fused-ring (bicyclic) bond motifs is 3. The summed E-state index contributed by atoms with van der Waals surface area (Å²) in [7, 11) is 1.84. The molecule has 3 aromatic rings. The second kappa shape index (κ2) is 6.93. The zero-order valence-corrected chi connectivity index (χ0v) is 17.6. The molecule has 1 saturated heterocycles. The molecule has 30 heavy (non-hydrogen) atoms.